The lowest BCUT2D eigenvalue weighted by Gasteiger charge is -2.37. The average Bonchev–Trinajstić information content (AvgIpc) is 2.75. The van der Waals surface area contributed by atoms with Crippen molar-refractivity contribution in [3.05, 3.63) is 61.3 Å². The number of benzene rings is 1. The number of carbonyl (C=O) groups excluding carboxylic acids is 1. The molecule has 0 N–H and O–H groups in total. The summed E-state index contributed by atoms with van der Waals surface area (Å²) in [5.41, 5.74) is 1.14. The zero-order chi connectivity index (χ0) is 19.1. The van der Waals surface area contributed by atoms with Crippen LogP contribution < -0.4 is 14.5 Å². The fourth-order valence-corrected chi connectivity index (χ4v) is 3.31. The van der Waals surface area contributed by atoms with Crippen LogP contribution in [-0.4, -0.2) is 62.2 Å². The molecule has 6 heteroatoms. The van der Waals surface area contributed by atoms with Crippen molar-refractivity contribution in [1.29, 1.82) is 0 Å². The van der Waals surface area contributed by atoms with E-state index in [4.69, 9.17) is 4.74 Å². The highest BCUT2D eigenvalue weighted by Gasteiger charge is 2.21. The number of anilines is 2. The van der Waals surface area contributed by atoms with Gasteiger partial charge in [0.1, 0.15) is 11.6 Å². The van der Waals surface area contributed by atoms with Crippen molar-refractivity contribution in [2.24, 2.45) is 0 Å². The molecular weight excluding hydrogens is 340 g/mol. The second kappa shape index (κ2) is 9.19. The Morgan fingerprint density at radius 1 is 1.19 bits per heavy atom. The molecular formula is C21H26N4O2. The number of piperazine rings is 1. The molecule has 0 radical (unpaired) electrons. The van der Waals surface area contributed by atoms with Crippen LogP contribution in [0.3, 0.4) is 0 Å². The molecule has 0 unspecified atom stereocenters. The molecule has 0 atom stereocenters. The lowest BCUT2D eigenvalue weighted by atomic mass is 10.2. The van der Waals surface area contributed by atoms with Crippen molar-refractivity contribution in [2.75, 3.05) is 56.2 Å². The highest BCUT2D eigenvalue weighted by atomic mass is 16.5. The highest BCUT2D eigenvalue weighted by molar-refractivity contribution is 6.00. The van der Waals surface area contributed by atoms with Crippen LogP contribution in [0.2, 0.25) is 0 Å². The van der Waals surface area contributed by atoms with E-state index < -0.39 is 0 Å². The maximum atomic E-state index is 12.2. The Kier molecular flexibility index (Phi) is 6.44. The van der Waals surface area contributed by atoms with Crippen LogP contribution in [0.5, 0.6) is 5.75 Å². The summed E-state index contributed by atoms with van der Waals surface area (Å²) >= 11 is 0. The number of hydrogen-bond donors (Lipinski definition) is 0. The number of methoxy groups -OCH3 is 1. The number of nitrogens with zero attached hydrogens (tertiary/aromatic N) is 4. The van der Waals surface area contributed by atoms with Crippen LogP contribution in [-0.2, 0) is 4.79 Å². The van der Waals surface area contributed by atoms with Gasteiger partial charge in [-0.2, -0.15) is 0 Å². The molecule has 1 fully saturated rings. The Labute approximate surface area is 160 Å². The largest absolute Gasteiger partial charge is 0.495 e. The second-order valence-electron chi connectivity index (χ2n) is 6.38. The van der Waals surface area contributed by atoms with E-state index in [1.807, 2.05) is 36.4 Å². The highest BCUT2D eigenvalue weighted by Crippen LogP contribution is 2.28. The Morgan fingerprint density at radius 3 is 2.59 bits per heavy atom. The summed E-state index contributed by atoms with van der Waals surface area (Å²) in [4.78, 5) is 22.9. The van der Waals surface area contributed by atoms with Gasteiger partial charge in [0.2, 0.25) is 0 Å². The second-order valence-corrected chi connectivity index (χ2v) is 6.38. The quantitative estimate of drug-likeness (QED) is 0.705. The third kappa shape index (κ3) is 4.65. The van der Waals surface area contributed by atoms with E-state index in [1.54, 1.807) is 18.2 Å². The first-order valence-electron chi connectivity index (χ1n) is 9.18. The molecule has 1 amide bonds. The molecule has 1 aliphatic rings. The molecule has 1 aliphatic heterocycles. The van der Waals surface area contributed by atoms with Crippen LogP contribution in [0.1, 0.15) is 0 Å². The molecule has 0 aliphatic carbocycles. The third-order valence-corrected chi connectivity index (χ3v) is 4.80. The Morgan fingerprint density at radius 2 is 1.93 bits per heavy atom. The lowest BCUT2D eigenvalue weighted by Crippen LogP contribution is -2.49. The zero-order valence-corrected chi connectivity index (χ0v) is 15.8. The molecule has 1 saturated heterocycles. The van der Waals surface area contributed by atoms with Gasteiger partial charge < -0.3 is 9.64 Å². The van der Waals surface area contributed by atoms with Gasteiger partial charge in [0, 0.05) is 45.5 Å². The molecule has 3 rings (SSSR count). The predicted molar refractivity (Wildman–Crippen MR) is 108 cm³/mol. The first-order chi connectivity index (χ1) is 13.2. The van der Waals surface area contributed by atoms with Crippen molar-refractivity contribution in [2.45, 2.75) is 0 Å². The van der Waals surface area contributed by atoms with Gasteiger partial charge in [-0.1, -0.05) is 24.8 Å². The zero-order valence-electron chi connectivity index (χ0n) is 15.8. The van der Waals surface area contributed by atoms with Gasteiger partial charge in [0.05, 0.1) is 12.8 Å². The fourth-order valence-electron chi connectivity index (χ4n) is 3.31. The summed E-state index contributed by atoms with van der Waals surface area (Å²) in [6.45, 7) is 8.75. The van der Waals surface area contributed by atoms with Gasteiger partial charge in [0.25, 0.3) is 5.91 Å². The average molecular weight is 366 g/mol. The summed E-state index contributed by atoms with van der Waals surface area (Å²) in [5.74, 6) is 1.44. The standard InChI is InChI=1S/C21H26N4O2/c1-3-21(26)25(20-10-6-7-11-22-20)17-14-23-12-15-24(16-13-23)18-8-4-5-9-19(18)27-2/h3-11H,1,12-17H2,2H3. The third-order valence-electron chi connectivity index (χ3n) is 4.80. The van der Waals surface area contributed by atoms with E-state index >= 15 is 0 Å². The van der Waals surface area contributed by atoms with Crippen molar-refractivity contribution in [3.63, 3.8) is 0 Å². The molecule has 0 spiro atoms. The topological polar surface area (TPSA) is 48.9 Å². The summed E-state index contributed by atoms with van der Waals surface area (Å²) < 4.78 is 5.48. The van der Waals surface area contributed by atoms with Crippen molar-refractivity contribution < 1.29 is 9.53 Å². The Bertz CT molecular complexity index is 758. The number of amides is 1. The number of aromatic nitrogens is 1. The SMILES string of the molecule is C=CC(=O)N(CCN1CCN(c2ccccc2OC)CC1)c1ccccn1. The van der Waals surface area contributed by atoms with Gasteiger partial charge in [-0.15, -0.1) is 0 Å². The minimum Gasteiger partial charge on any atom is -0.495 e. The van der Waals surface area contributed by atoms with Gasteiger partial charge in [0.15, 0.2) is 0 Å². The number of ether oxygens (including phenoxy) is 1. The van der Waals surface area contributed by atoms with Crippen LogP contribution in [0.25, 0.3) is 0 Å². The summed E-state index contributed by atoms with van der Waals surface area (Å²) in [5, 5.41) is 0. The number of pyridine rings is 1. The van der Waals surface area contributed by atoms with Crippen LogP contribution in [0.4, 0.5) is 11.5 Å². The molecule has 0 saturated carbocycles. The normalized spacial score (nSPS) is 14.6. The molecule has 142 valence electrons. The number of rotatable bonds is 7. The monoisotopic (exact) mass is 366 g/mol. The molecule has 27 heavy (non-hydrogen) atoms. The van der Waals surface area contributed by atoms with Gasteiger partial charge >= 0.3 is 0 Å². The Hall–Kier alpha value is -2.86. The van der Waals surface area contributed by atoms with E-state index in [2.05, 4.69) is 27.4 Å². The van der Waals surface area contributed by atoms with E-state index in [9.17, 15) is 4.79 Å². The maximum Gasteiger partial charge on any atom is 0.251 e. The van der Waals surface area contributed by atoms with E-state index in [0.29, 0.717) is 12.4 Å². The summed E-state index contributed by atoms with van der Waals surface area (Å²) in [7, 11) is 1.71. The van der Waals surface area contributed by atoms with E-state index in [0.717, 1.165) is 44.2 Å². The molecule has 0 bridgehead atoms. The van der Waals surface area contributed by atoms with Gasteiger partial charge in [-0.25, -0.2) is 4.98 Å². The fraction of sp³-hybridized carbons (Fsp3) is 0.333. The van der Waals surface area contributed by atoms with E-state index in [-0.39, 0.29) is 5.91 Å². The number of hydrogen-bond acceptors (Lipinski definition) is 5. The first kappa shape index (κ1) is 18.9. The number of carbonyl (C=O) groups is 1. The smallest absolute Gasteiger partial charge is 0.251 e. The van der Waals surface area contributed by atoms with Gasteiger partial charge in [-0.3, -0.25) is 14.6 Å². The lowest BCUT2D eigenvalue weighted by molar-refractivity contribution is -0.114. The van der Waals surface area contributed by atoms with Crippen molar-refractivity contribution in [3.8, 4) is 5.75 Å². The van der Waals surface area contributed by atoms with Crippen LogP contribution in [0.15, 0.2) is 61.3 Å². The van der Waals surface area contributed by atoms with Gasteiger partial charge in [-0.05, 0) is 30.3 Å². The summed E-state index contributed by atoms with van der Waals surface area (Å²) in [6, 6.07) is 13.7. The Balaban J connectivity index is 1.57. The molecule has 2 heterocycles. The molecule has 2 aromatic rings. The molecule has 1 aromatic heterocycles. The summed E-state index contributed by atoms with van der Waals surface area (Å²) in [6.07, 6.45) is 3.04. The van der Waals surface area contributed by atoms with Crippen LogP contribution in [0, 0.1) is 0 Å². The van der Waals surface area contributed by atoms with Crippen molar-refractivity contribution >= 4 is 17.4 Å². The maximum absolute atomic E-state index is 12.2. The predicted octanol–water partition coefficient (Wildman–Crippen LogP) is 2.43. The number of para-hydroxylation sites is 2. The molecule has 1 aromatic carbocycles. The van der Waals surface area contributed by atoms with Crippen molar-refractivity contribution in [1.82, 2.24) is 9.88 Å². The molecule has 6 nitrogen and oxygen atoms in total. The minimum atomic E-state index is -0.124. The van der Waals surface area contributed by atoms with Crippen LogP contribution >= 0.6 is 0 Å². The van der Waals surface area contributed by atoms with E-state index in [1.165, 1.54) is 6.08 Å². The first-order valence-corrected chi connectivity index (χ1v) is 9.18. The minimum absolute atomic E-state index is 0.124.